The van der Waals surface area contributed by atoms with Gasteiger partial charge in [-0.15, -0.1) is 0 Å². The highest BCUT2D eigenvalue weighted by Gasteiger charge is 2.20. The van der Waals surface area contributed by atoms with Gasteiger partial charge in [-0.25, -0.2) is 0 Å². The van der Waals surface area contributed by atoms with Crippen molar-refractivity contribution >= 4 is 0 Å². The quantitative estimate of drug-likeness (QED) is 0.749. The Morgan fingerprint density at radius 3 is 2.31 bits per heavy atom. The van der Waals surface area contributed by atoms with E-state index in [0.29, 0.717) is 6.04 Å². The molecule has 0 aromatic carbocycles. The lowest BCUT2D eigenvalue weighted by Gasteiger charge is -2.34. The predicted octanol–water partition coefficient (Wildman–Crippen LogP) is 2.89. The minimum absolute atomic E-state index is 0.701. The van der Waals surface area contributed by atoms with Gasteiger partial charge in [0.2, 0.25) is 0 Å². The van der Waals surface area contributed by atoms with Crippen molar-refractivity contribution in [1.29, 1.82) is 0 Å². The van der Waals surface area contributed by atoms with Gasteiger partial charge in [0.15, 0.2) is 0 Å². The molecule has 1 saturated heterocycles. The van der Waals surface area contributed by atoms with Gasteiger partial charge in [-0.05, 0) is 45.2 Å². The van der Waals surface area contributed by atoms with Crippen LogP contribution in [0.25, 0.3) is 0 Å². The van der Waals surface area contributed by atoms with Crippen LogP contribution in [0.15, 0.2) is 0 Å². The summed E-state index contributed by atoms with van der Waals surface area (Å²) in [4.78, 5) is 2.62. The predicted molar refractivity (Wildman–Crippen MR) is 71.8 cm³/mol. The van der Waals surface area contributed by atoms with Gasteiger partial charge in [-0.2, -0.15) is 0 Å². The molecule has 1 N–H and O–H groups in total. The number of nitrogens with one attached hydrogen (secondary N) is 1. The van der Waals surface area contributed by atoms with Gasteiger partial charge in [0.05, 0.1) is 0 Å². The minimum Gasteiger partial charge on any atom is -0.311 e. The summed E-state index contributed by atoms with van der Waals surface area (Å²) in [5.41, 5.74) is 0. The Bertz CT molecular complexity index is 172. The molecule has 0 radical (unpaired) electrons. The molecule has 1 aliphatic rings. The van der Waals surface area contributed by atoms with Crippen LogP contribution in [-0.4, -0.2) is 36.6 Å². The molecule has 1 unspecified atom stereocenters. The zero-order valence-electron chi connectivity index (χ0n) is 11.6. The fourth-order valence-electron chi connectivity index (χ4n) is 2.72. The lowest BCUT2D eigenvalue weighted by atomic mass is 10.0. The van der Waals surface area contributed by atoms with E-state index in [0.717, 1.165) is 12.0 Å². The van der Waals surface area contributed by atoms with Crippen molar-refractivity contribution in [3.63, 3.8) is 0 Å². The van der Waals surface area contributed by atoms with Crippen LogP contribution in [0, 0.1) is 5.92 Å². The van der Waals surface area contributed by atoms with Gasteiger partial charge in [0.25, 0.3) is 0 Å². The molecule has 2 heteroatoms. The fraction of sp³-hybridized carbons (Fsp3) is 1.00. The first kappa shape index (κ1) is 14.0. The van der Waals surface area contributed by atoms with Crippen LogP contribution in [0.4, 0.5) is 0 Å². The third-order valence-electron chi connectivity index (χ3n) is 3.45. The topological polar surface area (TPSA) is 15.3 Å². The molecular formula is C14H30N2. The van der Waals surface area contributed by atoms with E-state index < -0.39 is 0 Å². The summed E-state index contributed by atoms with van der Waals surface area (Å²) in [6.45, 7) is 13.1. The molecule has 2 nitrogen and oxygen atoms in total. The van der Waals surface area contributed by atoms with E-state index in [1.807, 2.05) is 0 Å². The summed E-state index contributed by atoms with van der Waals surface area (Å²) < 4.78 is 0. The first-order chi connectivity index (χ1) is 7.61. The van der Waals surface area contributed by atoms with Crippen molar-refractivity contribution in [2.75, 3.05) is 19.6 Å². The smallest absolute Gasteiger partial charge is 0.00938 e. The Morgan fingerprint density at radius 2 is 1.81 bits per heavy atom. The van der Waals surface area contributed by atoms with E-state index in [1.54, 1.807) is 0 Å². The van der Waals surface area contributed by atoms with E-state index in [1.165, 1.54) is 45.3 Å². The van der Waals surface area contributed by atoms with Gasteiger partial charge in [-0.3, -0.25) is 0 Å². The van der Waals surface area contributed by atoms with Gasteiger partial charge in [0, 0.05) is 18.6 Å². The number of likely N-dealkylation sites (tertiary alicyclic amines) is 1. The van der Waals surface area contributed by atoms with E-state index in [9.17, 15) is 0 Å². The highest BCUT2D eigenvalue weighted by molar-refractivity contribution is 4.79. The van der Waals surface area contributed by atoms with Crippen molar-refractivity contribution < 1.29 is 0 Å². The standard InChI is InChI=1S/C14H30N2/c1-5-6-13(4)15-14-7-9-16(10-8-14)11-12(2)3/h12-15H,5-11H2,1-4H3. The Kier molecular flexibility index (Phi) is 6.37. The minimum atomic E-state index is 0.701. The second-order valence-corrected chi connectivity index (χ2v) is 5.83. The molecular weight excluding hydrogens is 196 g/mol. The van der Waals surface area contributed by atoms with Crippen LogP contribution in [0.3, 0.4) is 0 Å². The average Bonchev–Trinajstić information content (AvgIpc) is 2.20. The van der Waals surface area contributed by atoms with Crippen molar-refractivity contribution in [3.8, 4) is 0 Å². The molecule has 1 fully saturated rings. The largest absolute Gasteiger partial charge is 0.311 e. The van der Waals surface area contributed by atoms with Crippen molar-refractivity contribution in [2.24, 2.45) is 5.92 Å². The van der Waals surface area contributed by atoms with E-state index >= 15 is 0 Å². The Morgan fingerprint density at radius 1 is 1.19 bits per heavy atom. The summed E-state index contributed by atoms with van der Waals surface area (Å²) in [6.07, 6.45) is 5.27. The molecule has 16 heavy (non-hydrogen) atoms. The van der Waals surface area contributed by atoms with Gasteiger partial charge in [-0.1, -0.05) is 27.2 Å². The molecule has 0 aromatic rings. The second-order valence-electron chi connectivity index (χ2n) is 5.83. The third-order valence-corrected chi connectivity index (χ3v) is 3.45. The molecule has 1 rings (SSSR count). The molecule has 1 atom stereocenters. The van der Waals surface area contributed by atoms with Crippen LogP contribution in [0.2, 0.25) is 0 Å². The maximum absolute atomic E-state index is 3.77. The Labute approximate surface area is 102 Å². The first-order valence-electron chi connectivity index (χ1n) is 7.10. The highest BCUT2D eigenvalue weighted by atomic mass is 15.1. The number of hydrogen-bond acceptors (Lipinski definition) is 2. The van der Waals surface area contributed by atoms with Crippen molar-refractivity contribution in [1.82, 2.24) is 10.2 Å². The molecule has 1 aliphatic heterocycles. The second kappa shape index (κ2) is 7.29. The van der Waals surface area contributed by atoms with Gasteiger partial charge in [0.1, 0.15) is 0 Å². The maximum Gasteiger partial charge on any atom is 0.00938 e. The van der Waals surface area contributed by atoms with Crippen molar-refractivity contribution in [2.45, 2.75) is 65.5 Å². The van der Waals surface area contributed by atoms with Gasteiger partial charge < -0.3 is 10.2 Å². The number of rotatable bonds is 6. The summed E-state index contributed by atoms with van der Waals surface area (Å²) in [5.74, 6) is 0.809. The summed E-state index contributed by atoms with van der Waals surface area (Å²) in [6, 6.07) is 1.47. The monoisotopic (exact) mass is 226 g/mol. The SMILES string of the molecule is CCCC(C)NC1CCN(CC(C)C)CC1. The van der Waals surface area contributed by atoms with E-state index in [2.05, 4.69) is 37.9 Å². The molecule has 0 spiro atoms. The zero-order chi connectivity index (χ0) is 12.0. The fourth-order valence-corrected chi connectivity index (χ4v) is 2.72. The Hall–Kier alpha value is -0.0800. The van der Waals surface area contributed by atoms with Crippen LogP contribution >= 0.6 is 0 Å². The number of hydrogen-bond donors (Lipinski definition) is 1. The van der Waals surface area contributed by atoms with Crippen LogP contribution < -0.4 is 5.32 Å². The summed E-state index contributed by atoms with van der Waals surface area (Å²) >= 11 is 0. The molecule has 0 saturated carbocycles. The van der Waals surface area contributed by atoms with Crippen molar-refractivity contribution in [3.05, 3.63) is 0 Å². The third kappa shape index (κ3) is 5.31. The molecule has 0 aliphatic carbocycles. The summed E-state index contributed by atoms with van der Waals surface area (Å²) in [7, 11) is 0. The molecule has 96 valence electrons. The molecule has 1 heterocycles. The first-order valence-corrected chi connectivity index (χ1v) is 7.10. The lowest BCUT2D eigenvalue weighted by Crippen LogP contribution is -2.46. The average molecular weight is 226 g/mol. The van der Waals surface area contributed by atoms with Crippen LogP contribution in [0.5, 0.6) is 0 Å². The number of nitrogens with zero attached hydrogens (tertiary/aromatic N) is 1. The van der Waals surface area contributed by atoms with Gasteiger partial charge >= 0.3 is 0 Å². The lowest BCUT2D eigenvalue weighted by molar-refractivity contribution is 0.174. The van der Waals surface area contributed by atoms with E-state index in [-0.39, 0.29) is 0 Å². The molecule has 0 amide bonds. The summed E-state index contributed by atoms with van der Waals surface area (Å²) in [5, 5.41) is 3.77. The number of piperidine rings is 1. The zero-order valence-corrected chi connectivity index (χ0v) is 11.6. The normalized spacial score (nSPS) is 21.6. The van der Waals surface area contributed by atoms with E-state index in [4.69, 9.17) is 0 Å². The van der Waals surface area contributed by atoms with Crippen LogP contribution in [-0.2, 0) is 0 Å². The molecule has 0 bridgehead atoms. The van der Waals surface area contributed by atoms with Crippen LogP contribution in [0.1, 0.15) is 53.4 Å². The molecule has 0 aromatic heterocycles. The maximum atomic E-state index is 3.77. The highest BCUT2D eigenvalue weighted by Crippen LogP contribution is 2.13. The Balaban J connectivity index is 2.16.